The Labute approximate surface area is 160 Å². The van der Waals surface area contributed by atoms with Crippen molar-refractivity contribution >= 4 is 23.4 Å². The first kappa shape index (κ1) is 19.1. The molecule has 0 N–H and O–H groups in total. The summed E-state index contributed by atoms with van der Waals surface area (Å²) in [5.74, 6) is -0.466. The van der Waals surface area contributed by atoms with Crippen LogP contribution in [0.5, 0.6) is 5.75 Å². The average molecular weight is 395 g/mol. The predicted octanol–water partition coefficient (Wildman–Crippen LogP) is 3.54. The number of carbonyl (C=O) groups is 2. The minimum atomic E-state index is -2.95. The van der Waals surface area contributed by atoms with Crippen molar-refractivity contribution in [1.82, 2.24) is 9.80 Å². The van der Waals surface area contributed by atoms with Crippen molar-refractivity contribution in [2.75, 3.05) is 26.2 Å². The van der Waals surface area contributed by atoms with Crippen LogP contribution in [-0.4, -0.2) is 54.4 Å². The molecule has 0 radical (unpaired) electrons. The third kappa shape index (κ3) is 4.74. The van der Waals surface area contributed by atoms with Crippen molar-refractivity contribution in [3.8, 4) is 5.75 Å². The second kappa shape index (κ2) is 8.35. The summed E-state index contributed by atoms with van der Waals surface area (Å²) in [6.45, 7) is -1.45. The lowest BCUT2D eigenvalue weighted by Crippen LogP contribution is -2.50. The van der Waals surface area contributed by atoms with Gasteiger partial charge in [0.05, 0.1) is 0 Å². The maximum absolute atomic E-state index is 12.6. The molecule has 1 fully saturated rings. The molecule has 27 heavy (non-hydrogen) atoms. The molecule has 0 atom stereocenters. The van der Waals surface area contributed by atoms with E-state index in [0.717, 1.165) is 0 Å². The zero-order chi connectivity index (χ0) is 19.4. The molecule has 1 saturated heterocycles. The Morgan fingerprint density at radius 3 is 2.00 bits per heavy atom. The molecule has 2 amide bonds. The molecule has 0 aromatic heterocycles. The van der Waals surface area contributed by atoms with Gasteiger partial charge in [0.15, 0.2) is 0 Å². The number of ether oxygens (including phenoxy) is 1. The minimum Gasteiger partial charge on any atom is -0.435 e. The van der Waals surface area contributed by atoms with Gasteiger partial charge < -0.3 is 14.5 Å². The number of hydrogen-bond donors (Lipinski definition) is 0. The van der Waals surface area contributed by atoms with Crippen LogP contribution in [0.1, 0.15) is 20.7 Å². The molecular weight excluding hydrogens is 378 g/mol. The summed E-state index contributed by atoms with van der Waals surface area (Å²) in [5.41, 5.74) is 0.807. The van der Waals surface area contributed by atoms with Crippen molar-refractivity contribution in [2.24, 2.45) is 0 Å². The first-order chi connectivity index (χ1) is 12.9. The quantitative estimate of drug-likeness (QED) is 0.797. The third-order valence-corrected chi connectivity index (χ3v) is 4.50. The van der Waals surface area contributed by atoms with E-state index in [1.165, 1.54) is 18.2 Å². The molecule has 142 valence electrons. The number of benzene rings is 2. The van der Waals surface area contributed by atoms with Crippen LogP contribution < -0.4 is 4.74 Å². The van der Waals surface area contributed by atoms with Gasteiger partial charge in [-0.1, -0.05) is 17.7 Å². The average Bonchev–Trinajstić information content (AvgIpc) is 2.67. The van der Waals surface area contributed by atoms with Gasteiger partial charge >= 0.3 is 6.61 Å². The van der Waals surface area contributed by atoms with E-state index in [4.69, 9.17) is 11.6 Å². The fraction of sp³-hybridized carbons (Fsp3) is 0.263. The van der Waals surface area contributed by atoms with Gasteiger partial charge in [-0.15, -0.1) is 0 Å². The van der Waals surface area contributed by atoms with Gasteiger partial charge in [0.1, 0.15) is 5.75 Å². The van der Waals surface area contributed by atoms with Gasteiger partial charge in [0, 0.05) is 42.3 Å². The molecule has 1 aliphatic heterocycles. The number of halogens is 3. The first-order valence-electron chi connectivity index (χ1n) is 8.33. The molecular formula is C19H17ClF2N2O3. The minimum absolute atomic E-state index is 0.0626. The molecule has 0 saturated carbocycles. The number of hydrogen-bond acceptors (Lipinski definition) is 3. The fourth-order valence-electron chi connectivity index (χ4n) is 2.88. The largest absolute Gasteiger partial charge is 0.435 e. The lowest BCUT2D eigenvalue weighted by molar-refractivity contribution is -0.0499. The molecule has 1 heterocycles. The van der Waals surface area contributed by atoms with E-state index < -0.39 is 6.61 Å². The summed E-state index contributed by atoms with van der Waals surface area (Å²) in [6, 6.07) is 12.3. The van der Waals surface area contributed by atoms with Crippen LogP contribution in [0.15, 0.2) is 48.5 Å². The maximum atomic E-state index is 12.6. The smallest absolute Gasteiger partial charge is 0.387 e. The molecule has 1 aliphatic rings. The molecule has 2 aromatic carbocycles. The molecule has 0 unspecified atom stereocenters. The SMILES string of the molecule is O=C(c1ccc(Cl)cc1)N1CCN(C(=O)c2cccc(OC(F)F)c2)CC1. The summed E-state index contributed by atoms with van der Waals surface area (Å²) >= 11 is 5.83. The van der Waals surface area contributed by atoms with Crippen LogP contribution in [0, 0.1) is 0 Å². The topological polar surface area (TPSA) is 49.9 Å². The number of nitrogens with zero attached hydrogens (tertiary/aromatic N) is 2. The first-order valence-corrected chi connectivity index (χ1v) is 8.71. The maximum Gasteiger partial charge on any atom is 0.387 e. The standard InChI is InChI=1S/C19H17ClF2N2O3/c20-15-6-4-13(5-7-15)17(25)23-8-10-24(11-9-23)18(26)14-2-1-3-16(12-14)27-19(21)22/h1-7,12,19H,8-11H2. The van der Waals surface area contributed by atoms with Crippen molar-refractivity contribution < 1.29 is 23.1 Å². The molecule has 8 heteroatoms. The van der Waals surface area contributed by atoms with Crippen LogP contribution in [0.3, 0.4) is 0 Å². The summed E-state index contributed by atoms with van der Waals surface area (Å²) in [5, 5.41) is 0.556. The lowest BCUT2D eigenvalue weighted by atomic mass is 10.1. The van der Waals surface area contributed by atoms with E-state index in [0.29, 0.717) is 36.8 Å². The van der Waals surface area contributed by atoms with Crippen LogP contribution in [-0.2, 0) is 0 Å². The molecule has 0 bridgehead atoms. The Morgan fingerprint density at radius 1 is 0.889 bits per heavy atom. The van der Waals surface area contributed by atoms with Gasteiger partial charge in [-0.2, -0.15) is 8.78 Å². The second-order valence-electron chi connectivity index (χ2n) is 6.00. The zero-order valence-electron chi connectivity index (χ0n) is 14.3. The van der Waals surface area contributed by atoms with Crippen molar-refractivity contribution in [1.29, 1.82) is 0 Å². The van der Waals surface area contributed by atoms with Crippen molar-refractivity contribution in [2.45, 2.75) is 6.61 Å². The third-order valence-electron chi connectivity index (χ3n) is 4.25. The van der Waals surface area contributed by atoms with Crippen LogP contribution in [0.4, 0.5) is 8.78 Å². The lowest BCUT2D eigenvalue weighted by Gasteiger charge is -2.35. The predicted molar refractivity (Wildman–Crippen MR) is 96.3 cm³/mol. The van der Waals surface area contributed by atoms with Gasteiger partial charge in [0.25, 0.3) is 11.8 Å². The fourth-order valence-corrected chi connectivity index (χ4v) is 3.00. The van der Waals surface area contributed by atoms with E-state index in [1.54, 1.807) is 40.1 Å². The monoisotopic (exact) mass is 394 g/mol. The number of alkyl halides is 2. The highest BCUT2D eigenvalue weighted by Crippen LogP contribution is 2.19. The van der Waals surface area contributed by atoms with Gasteiger partial charge in [-0.3, -0.25) is 9.59 Å². The Hall–Kier alpha value is -2.67. The molecule has 5 nitrogen and oxygen atoms in total. The summed E-state index contributed by atoms with van der Waals surface area (Å²) in [7, 11) is 0. The molecule has 3 rings (SSSR count). The molecule has 0 spiro atoms. The Kier molecular flexibility index (Phi) is 5.91. The second-order valence-corrected chi connectivity index (χ2v) is 6.43. The Bertz CT molecular complexity index is 822. The summed E-state index contributed by atoms with van der Waals surface area (Å²) < 4.78 is 29.0. The van der Waals surface area contributed by atoms with E-state index in [-0.39, 0.29) is 23.1 Å². The molecule has 0 aliphatic carbocycles. The van der Waals surface area contributed by atoms with Gasteiger partial charge in [-0.05, 0) is 42.5 Å². The van der Waals surface area contributed by atoms with Crippen molar-refractivity contribution in [3.63, 3.8) is 0 Å². The van der Waals surface area contributed by atoms with Crippen LogP contribution in [0.25, 0.3) is 0 Å². The highest BCUT2D eigenvalue weighted by Gasteiger charge is 2.25. The zero-order valence-corrected chi connectivity index (χ0v) is 15.0. The van der Waals surface area contributed by atoms with E-state index in [9.17, 15) is 18.4 Å². The highest BCUT2D eigenvalue weighted by atomic mass is 35.5. The Balaban J connectivity index is 1.61. The normalized spacial score (nSPS) is 14.4. The van der Waals surface area contributed by atoms with Crippen LogP contribution >= 0.6 is 11.6 Å². The van der Waals surface area contributed by atoms with E-state index in [1.807, 2.05) is 0 Å². The summed E-state index contributed by atoms with van der Waals surface area (Å²) in [6.07, 6.45) is 0. The number of rotatable bonds is 4. The Morgan fingerprint density at radius 2 is 1.44 bits per heavy atom. The number of piperazine rings is 1. The van der Waals surface area contributed by atoms with Crippen LogP contribution in [0.2, 0.25) is 5.02 Å². The molecule has 2 aromatic rings. The van der Waals surface area contributed by atoms with E-state index in [2.05, 4.69) is 4.74 Å². The number of carbonyl (C=O) groups excluding carboxylic acids is 2. The number of amides is 2. The summed E-state index contributed by atoms with van der Waals surface area (Å²) in [4.78, 5) is 28.3. The van der Waals surface area contributed by atoms with Gasteiger partial charge in [-0.25, -0.2) is 0 Å². The highest BCUT2D eigenvalue weighted by molar-refractivity contribution is 6.30. The van der Waals surface area contributed by atoms with Crippen molar-refractivity contribution in [3.05, 3.63) is 64.7 Å². The van der Waals surface area contributed by atoms with Gasteiger partial charge in [0.2, 0.25) is 0 Å². The van der Waals surface area contributed by atoms with E-state index >= 15 is 0 Å².